The Morgan fingerprint density at radius 3 is 2.93 bits per heavy atom. The van der Waals surface area contributed by atoms with E-state index in [-0.39, 0.29) is 5.91 Å². The summed E-state index contributed by atoms with van der Waals surface area (Å²) in [6.45, 7) is 2.09. The summed E-state index contributed by atoms with van der Waals surface area (Å²) in [4.78, 5) is 12.6. The van der Waals surface area contributed by atoms with Gasteiger partial charge in [-0.1, -0.05) is 11.3 Å². The van der Waals surface area contributed by atoms with Crippen LogP contribution in [0.1, 0.15) is 24.8 Å². The molecule has 0 radical (unpaired) electrons. The molecule has 0 saturated heterocycles. The highest BCUT2D eigenvalue weighted by atomic mass is 32.1. The minimum atomic E-state index is 0.0434. The number of hydrogen-bond acceptors (Lipinski definition) is 5. The van der Waals surface area contributed by atoms with Gasteiger partial charge < -0.3 is 10.2 Å². The molecule has 1 fully saturated rings. The van der Waals surface area contributed by atoms with Crippen LogP contribution in [0, 0.1) is 0 Å². The first-order valence-corrected chi connectivity index (χ1v) is 5.77. The number of aromatic nitrogens is 2. The minimum Gasteiger partial charge on any atom is -0.357 e. The second-order valence-corrected chi connectivity index (χ2v) is 4.86. The van der Waals surface area contributed by atoms with Crippen molar-refractivity contribution in [1.29, 1.82) is 0 Å². The van der Waals surface area contributed by atoms with Crippen LogP contribution < -0.4 is 5.32 Å². The highest BCUT2D eigenvalue weighted by Crippen LogP contribution is 2.26. The average Bonchev–Trinajstić information content (AvgIpc) is 2.87. The van der Waals surface area contributed by atoms with Gasteiger partial charge in [0.2, 0.25) is 11.0 Å². The maximum atomic E-state index is 11.0. The zero-order valence-electron chi connectivity index (χ0n) is 8.86. The molecule has 1 aliphatic rings. The lowest BCUT2D eigenvalue weighted by Gasteiger charge is -2.11. The standard InChI is InChI=1S/C9H14N4OS/c1-6(14)13(2)5-8-11-12-9(15-8)10-7-3-4-7/h7H,3-5H2,1-2H3,(H,10,12). The molecule has 0 spiro atoms. The van der Waals surface area contributed by atoms with E-state index in [1.54, 1.807) is 18.9 Å². The topological polar surface area (TPSA) is 58.1 Å². The van der Waals surface area contributed by atoms with E-state index in [1.807, 2.05) is 0 Å². The Morgan fingerprint density at radius 1 is 1.60 bits per heavy atom. The Morgan fingerprint density at radius 2 is 2.33 bits per heavy atom. The predicted molar refractivity (Wildman–Crippen MR) is 58.7 cm³/mol. The van der Waals surface area contributed by atoms with Crippen molar-refractivity contribution in [2.24, 2.45) is 0 Å². The molecule has 82 valence electrons. The zero-order chi connectivity index (χ0) is 10.8. The molecule has 2 rings (SSSR count). The molecule has 1 saturated carbocycles. The van der Waals surface area contributed by atoms with E-state index in [1.165, 1.54) is 24.2 Å². The van der Waals surface area contributed by atoms with E-state index in [0.717, 1.165) is 10.1 Å². The van der Waals surface area contributed by atoms with Crippen molar-refractivity contribution in [3.63, 3.8) is 0 Å². The number of nitrogens with one attached hydrogen (secondary N) is 1. The monoisotopic (exact) mass is 226 g/mol. The van der Waals surface area contributed by atoms with Crippen molar-refractivity contribution in [1.82, 2.24) is 15.1 Å². The molecule has 0 unspecified atom stereocenters. The van der Waals surface area contributed by atoms with Gasteiger partial charge in [-0.3, -0.25) is 4.79 Å². The Hall–Kier alpha value is -1.17. The summed E-state index contributed by atoms with van der Waals surface area (Å²) >= 11 is 1.52. The van der Waals surface area contributed by atoms with Crippen LogP contribution in [0.25, 0.3) is 0 Å². The molecule has 1 N–H and O–H groups in total. The fourth-order valence-corrected chi connectivity index (χ4v) is 1.96. The number of nitrogens with zero attached hydrogens (tertiary/aromatic N) is 3. The fraction of sp³-hybridized carbons (Fsp3) is 0.667. The molecule has 0 atom stereocenters. The summed E-state index contributed by atoms with van der Waals surface area (Å²) in [5.74, 6) is 0.0434. The van der Waals surface area contributed by atoms with E-state index in [9.17, 15) is 4.79 Å². The first kappa shape index (κ1) is 10.4. The Balaban J connectivity index is 1.90. The van der Waals surface area contributed by atoms with E-state index in [0.29, 0.717) is 12.6 Å². The second kappa shape index (κ2) is 4.14. The Labute approximate surface area is 92.5 Å². The van der Waals surface area contributed by atoms with Crippen molar-refractivity contribution >= 4 is 22.4 Å². The molecule has 5 nitrogen and oxygen atoms in total. The minimum absolute atomic E-state index is 0.0434. The molecule has 0 aromatic carbocycles. The average molecular weight is 226 g/mol. The first-order valence-electron chi connectivity index (χ1n) is 4.96. The second-order valence-electron chi connectivity index (χ2n) is 3.79. The summed E-state index contributed by atoms with van der Waals surface area (Å²) in [5, 5.41) is 13.1. The van der Waals surface area contributed by atoms with E-state index >= 15 is 0 Å². The van der Waals surface area contributed by atoms with Gasteiger partial charge in [-0.25, -0.2) is 0 Å². The van der Waals surface area contributed by atoms with Crippen LogP contribution in [0.4, 0.5) is 5.13 Å². The van der Waals surface area contributed by atoms with E-state index in [4.69, 9.17) is 0 Å². The summed E-state index contributed by atoms with van der Waals surface area (Å²) < 4.78 is 0. The lowest BCUT2D eigenvalue weighted by atomic mass is 10.5. The number of amides is 1. The van der Waals surface area contributed by atoms with Gasteiger partial charge in [-0.05, 0) is 12.8 Å². The molecule has 1 aliphatic carbocycles. The molecule has 15 heavy (non-hydrogen) atoms. The highest BCUT2D eigenvalue weighted by Gasteiger charge is 2.22. The van der Waals surface area contributed by atoms with Crippen LogP contribution in [-0.2, 0) is 11.3 Å². The van der Waals surface area contributed by atoms with Crippen molar-refractivity contribution < 1.29 is 4.79 Å². The summed E-state index contributed by atoms with van der Waals surface area (Å²) in [6, 6.07) is 0.594. The third-order valence-corrected chi connectivity index (χ3v) is 3.12. The van der Waals surface area contributed by atoms with Crippen LogP contribution in [0.5, 0.6) is 0 Å². The van der Waals surface area contributed by atoms with Crippen molar-refractivity contribution in [3.8, 4) is 0 Å². The van der Waals surface area contributed by atoms with Crippen LogP contribution in [0.2, 0.25) is 0 Å². The number of hydrogen-bond donors (Lipinski definition) is 1. The third kappa shape index (κ3) is 2.89. The summed E-state index contributed by atoms with van der Waals surface area (Å²) in [5.41, 5.74) is 0. The van der Waals surface area contributed by atoms with Gasteiger partial charge in [-0.15, -0.1) is 10.2 Å². The van der Waals surface area contributed by atoms with Gasteiger partial charge in [0.25, 0.3) is 0 Å². The molecule has 1 aromatic rings. The molecule has 1 aromatic heterocycles. The molecule has 1 amide bonds. The van der Waals surface area contributed by atoms with Gasteiger partial charge in [0.15, 0.2) is 0 Å². The van der Waals surface area contributed by atoms with Crippen molar-refractivity contribution in [3.05, 3.63) is 5.01 Å². The number of carbonyl (C=O) groups excluding carboxylic acids is 1. The maximum Gasteiger partial charge on any atom is 0.219 e. The van der Waals surface area contributed by atoms with Crippen LogP contribution in [-0.4, -0.2) is 34.1 Å². The maximum absolute atomic E-state index is 11.0. The number of anilines is 1. The Kier molecular flexibility index (Phi) is 2.86. The molecule has 0 bridgehead atoms. The van der Waals surface area contributed by atoms with Crippen LogP contribution in [0.15, 0.2) is 0 Å². The SMILES string of the molecule is CC(=O)N(C)Cc1nnc(NC2CC2)s1. The highest BCUT2D eigenvalue weighted by molar-refractivity contribution is 7.15. The third-order valence-electron chi connectivity index (χ3n) is 2.28. The van der Waals surface area contributed by atoms with Crippen LogP contribution >= 0.6 is 11.3 Å². The molecular weight excluding hydrogens is 212 g/mol. The zero-order valence-corrected chi connectivity index (χ0v) is 9.67. The molecule has 1 heterocycles. The summed E-state index contributed by atoms with van der Waals surface area (Å²) in [7, 11) is 1.76. The van der Waals surface area contributed by atoms with E-state index < -0.39 is 0 Å². The smallest absolute Gasteiger partial charge is 0.219 e. The lowest BCUT2D eigenvalue weighted by Crippen LogP contribution is -2.22. The molecule has 6 heteroatoms. The predicted octanol–water partition coefficient (Wildman–Crippen LogP) is 1.09. The van der Waals surface area contributed by atoms with Crippen molar-refractivity contribution in [2.45, 2.75) is 32.4 Å². The van der Waals surface area contributed by atoms with Crippen LogP contribution in [0.3, 0.4) is 0 Å². The van der Waals surface area contributed by atoms with Crippen molar-refractivity contribution in [2.75, 3.05) is 12.4 Å². The summed E-state index contributed by atoms with van der Waals surface area (Å²) in [6.07, 6.45) is 2.45. The van der Waals surface area contributed by atoms with Gasteiger partial charge in [-0.2, -0.15) is 0 Å². The fourth-order valence-electron chi connectivity index (χ4n) is 1.09. The quantitative estimate of drug-likeness (QED) is 0.835. The van der Waals surface area contributed by atoms with Gasteiger partial charge in [0.05, 0.1) is 6.54 Å². The lowest BCUT2D eigenvalue weighted by molar-refractivity contribution is -0.128. The number of carbonyl (C=O) groups is 1. The largest absolute Gasteiger partial charge is 0.357 e. The van der Waals surface area contributed by atoms with Gasteiger partial charge >= 0.3 is 0 Å². The van der Waals surface area contributed by atoms with E-state index in [2.05, 4.69) is 15.5 Å². The Bertz CT molecular complexity index is 361. The van der Waals surface area contributed by atoms with Gasteiger partial charge in [0, 0.05) is 20.0 Å². The normalized spacial score (nSPS) is 15.1. The molecular formula is C9H14N4OS. The molecule has 0 aliphatic heterocycles. The number of rotatable bonds is 4. The first-order chi connectivity index (χ1) is 7.15. The van der Waals surface area contributed by atoms with Gasteiger partial charge in [0.1, 0.15) is 5.01 Å².